The number of carboxylic acids is 4. The van der Waals surface area contributed by atoms with E-state index in [4.69, 9.17) is 40.9 Å². The Balaban J connectivity index is -0.0000000873. The number of aliphatic hydroxyl groups excluding tert-OH is 8. The Labute approximate surface area is 177 Å². The van der Waals surface area contributed by atoms with E-state index in [0.717, 1.165) is 0 Å². The van der Waals surface area contributed by atoms with Gasteiger partial charge in [0.25, 0.3) is 0 Å². The van der Waals surface area contributed by atoms with Gasteiger partial charge in [0, 0.05) is 0 Å². The van der Waals surface area contributed by atoms with Gasteiger partial charge in [-0.1, -0.05) is 0 Å². The molecule has 0 aliphatic rings. The van der Waals surface area contributed by atoms with Crippen molar-refractivity contribution in [3.63, 3.8) is 0 Å². The molecule has 0 aromatic heterocycles. The van der Waals surface area contributed by atoms with Gasteiger partial charge in [-0.3, -0.25) is 0 Å². The molecule has 4 unspecified atom stereocenters. The average molecular weight is 468 g/mol. The molecule has 0 saturated carbocycles. The van der Waals surface area contributed by atoms with Crippen molar-refractivity contribution in [2.45, 2.75) is 24.4 Å². The van der Waals surface area contributed by atoms with Gasteiger partial charge in [0.1, 0.15) is 24.4 Å². The molecule has 168 valence electrons. The van der Waals surface area contributed by atoms with Crippen LogP contribution < -0.4 is 20.4 Å². The largest absolute Gasteiger partial charge is 4.00 e. The predicted molar refractivity (Wildman–Crippen MR) is 72.4 cm³/mol. The van der Waals surface area contributed by atoms with Crippen molar-refractivity contribution in [3.05, 3.63) is 0 Å². The maximum atomic E-state index is 9.41. The zero-order valence-corrected chi connectivity index (χ0v) is 16.0. The molecule has 0 bridgehead atoms. The quantitative estimate of drug-likeness (QED) is 0.153. The molecule has 0 amide bonds. The molecule has 0 rings (SSSR count). The molecule has 0 aromatic rings. The number of rotatable bonds is 8. The number of aliphatic hydroxyl groups is 8. The molecule has 29 heavy (non-hydrogen) atoms. The maximum absolute atomic E-state index is 9.41. The number of hydrogen-bond donors (Lipinski definition) is 8. The number of carbonyl (C=O) groups is 4. The summed E-state index contributed by atoms with van der Waals surface area (Å²) < 4.78 is 0. The Morgan fingerprint density at radius 3 is 0.586 bits per heavy atom. The van der Waals surface area contributed by atoms with Gasteiger partial charge in [-0.2, -0.15) is 0 Å². The standard InChI is InChI=1S/4C3H6O4.Ti/c4*4-1-2(5)3(6)7;/h4*2,4-5H,1H2,(H,6,7);/q;;;;+4/p-4. The molecule has 4 atom stereocenters. The third-order valence-corrected chi connectivity index (χ3v) is 1.78. The van der Waals surface area contributed by atoms with Crippen molar-refractivity contribution in [2.75, 3.05) is 26.4 Å². The second-order valence-corrected chi connectivity index (χ2v) is 4.07. The summed E-state index contributed by atoms with van der Waals surface area (Å²) >= 11 is 0. The van der Waals surface area contributed by atoms with Crippen molar-refractivity contribution in [1.29, 1.82) is 0 Å². The molecule has 8 N–H and O–H groups in total. The molecular formula is C12H20O16Ti. The number of aliphatic carboxylic acids is 4. The van der Waals surface area contributed by atoms with Crippen LogP contribution in [0.25, 0.3) is 0 Å². The van der Waals surface area contributed by atoms with E-state index < -0.39 is 74.7 Å². The van der Waals surface area contributed by atoms with Crippen molar-refractivity contribution < 1.29 is 102 Å². The Hall–Kier alpha value is -1.73. The van der Waals surface area contributed by atoms with Gasteiger partial charge < -0.3 is 80.5 Å². The third-order valence-electron chi connectivity index (χ3n) is 1.78. The van der Waals surface area contributed by atoms with Crippen LogP contribution in [0.3, 0.4) is 0 Å². The summed E-state index contributed by atoms with van der Waals surface area (Å²) in [4.78, 5) is 37.6. The second-order valence-electron chi connectivity index (χ2n) is 4.07. The minimum atomic E-state index is -1.74. The molecule has 0 fully saturated rings. The Morgan fingerprint density at radius 2 is 0.586 bits per heavy atom. The first kappa shape index (κ1) is 37.9. The normalized spacial score (nSPS) is 13.0. The second kappa shape index (κ2) is 24.3. The van der Waals surface area contributed by atoms with Crippen LogP contribution in [0.5, 0.6) is 0 Å². The average Bonchev–Trinajstić information content (AvgIpc) is 2.66. The molecule has 0 radical (unpaired) electrons. The summed E-state index contributed by atoms with van der Waals surface area (Å²) in [5, 5.41) is 101. The molecule has 0 aliphatic carbocycles. The van der Waals surface area contributed by atoms with E-state index >= 15 is 0 Å². The summed E-state index contributed by atoms with van der Waals surface area (Å²) in [6.45, 7) is -3.16. The van der Waals surface area contributed by atoms with Gasteiger partial charge >= 0.3 is 21.7 Å². The van der Waals surface area contributed by atoms with E-state index in [9.17, 15) is 39.6 Å². The Bertz CT molecular complexity index is 364. The van der Waals surface area contributed by atoms with Crippen LogP contribution in [0.2, 0.25) is 0 Å². The minimum absolute atomic E-state index is 0. The smallest absolute Gasteiger partial charge is 0.547 e. The minimum Gasteiger partial charge on any atom is -0.547 e. The van der Waals surface area contributed by atoms with Crippen molar-refractivity contribution >= 4 is 23.9 Å². The van der Waals surface area contributed by atoms with Gasteiger partial charge in [0.05, 0.1) is 50.3 Å². The first-order chi connectivity index (χ1) is 12.7. The van der Waals surface area contributed by atoms with E-state index in [1.54, 1.807) is 0 Å². The van der Waals surface area contributed by atoms with E-state index in [-0.39, 0.29) is 21.7 Å². The van der Waals surface area contributed by atoms with Crippen LogP contribution in [0.4, 0.5) is 0 Å². The van der Waals surface area contributed by atoms with Crippen LogP contribution in [0.15, 0.2) is 0 Å². The van der Waals surface area contributed by atoms with Gasteiger partial charge in [-0.05, 0) is 0 Å². The summed E-state index contributed by atoms with van der Waals surface area (Å²) in [5.41, 5.74) is 0. The molecule has 0 aromatic carbocycles. The zero-order chi connectivity index (χ0) is 23.4. The molecule has 0 heterocycles. The fourth-order valence-electron chi connectivity index (χ4n) is 0.298. The monoisotopic (exact) mass is 468 g/mol. The topological polar surface area (TPSA) is 322 Å². The molecular weight excluding hydrogens is 448 g/mol. The predicted octanol–water partition coefficient (Wildman–Crippen LogP) is -11.6. The van der Waals surface area contributed by atoms with Crippen LogP contribution in [-0.2, 0) is 40.9 Å². The van der Waals surface area contributed by atoms with Gasteiger partial charge in [0.15, 0.2) is 0 Å². The SMILES string of the molecule is O=C([O-])C(O)CO.O=C([O-])C(O)CO.O=C([O-])C(O)CO.O=C([O-])C(O)CO.[Ti+4]. The summed E-state index contributed by atoms with van der Waals surface area (Å²) in [5.74, 6) is -6.60. The van der Waals surface area contributed by atoms with Crippen LogP contribution in [0, 0.1) is 0 Å². The first-order valence-corrected chi connectivity index (χ1v) is 6.72. The molecule has 0 saturated heterocycles. The molecule has 0 aliphatic heterocycles. The Morgan fingerprint density at radius 1 is 0.483 bits per heavy atom. The van der Waals surface area contributed by atoms with Crippen molar-refractivity contribution in [3.8, 4) is 0 Å². The third kappa shape index (κ3) is 31.2. The number of hydrogen-bond acceptors (Lipinski definition) is 16. The fourth-order valence-corrected chi connectivity index (χ4v) is 0.298. The molecule has 0 spiro atoms. The Kier molecular flexibility index (Phi) is 31.8. The van der Waals surface area contributed by atoms with E-state index in [2.05, 4.69) is 0 Å². The first-order valence-electron chi connectivity index (χ1n) is 6.72. The van der Waals surface area contributed by atoms with E-state index in [1.807, 2.05) is 0 Å². The van der Waals surface area contributed by atoms with Crippen LogP contribution >= 0.6 is 0 Å². The summed E-state index contributed by atoms with van der Waals surface area (Å²) in [7, 11) is 0. The van der Waals surface area contributed by atoms with Crippen molar-refractivity contribution in [2.24, 2.45) is 0 Å². The fraction of sp³-hybridized carbons (Fsp3) is 0.667. The van der Waals surface area contributed by atoms with Crippen molar-refractivity contribution in [1.82, 2.24) is 0 Å². The summed E-state index contributed by atoms with van der Waals surface area (Å²) in [6, 6.07) is 0. The van der Waals surface area contributed by atoms with E-state index in [1.165, 1.54) is 0 Å². The van der Waals surface area contributed by atoms with Gasteiger partial charge in [-0.25, -0.2) is 0 Å². The summed E-state index contributed by atoms with van der Waals surface area (Å²) in [6.07, 6.45) is -6.94. The number of carbonyl (C=O) groups excluding carboxylic acids is 4. The maximum Gasteiger partial charge on any atom is 4.00 e. The van der Waals surface area contributed by atoms with Crippen LogP contribution in [-0.4, -0.2) is 116 Å². The molecule has 17 heteroatoms. The van der Waals surface area contributed by atoms with Gasteiger partial charge in [-0.15, -0.1) is 0 Å². The molecule has 16 nitrogen and oxygen atoms in total. The van der Waals surface area contributed by atoms with E-state index in [0.29, 0.717) is 0 Å². The zero-order valence-electron chi connectivity index (χ0n) is 14.5. The number of carboxylic acid groups (broad SMARTS) is 4. The van der Waals surface area contributed by atoms with Gasteiger partial charge in [0.2, 0.25) is 0 Å². The van der Waals surface area contributed by atoms with Crippen LogP contribution in [0.1, 0.15) is 0 Å².